The highest BCUT2D eigenvalue weighted by Gasteiger charge is 2.26. The van der Waals surface area contributed by atoms with Gasteiger partial charge in [0, 0.05) is 13.1 Å². The molecule has 0 spiro atoms. The summed E-state index contributed by atoms with van der Waals surface area (Å²) < 4.78 is 5.33. The van der Waals surface area contributed by atoms with Gasteiger partial charge >= 0.3 is 0 Å². The molecule has 2 N–H and O–H groups in total. The lowest BCUT2D eigenvalue weighted by Crippen LogP contribution is -2.53. The van der Waals surface area contributed by atoms with E-state index >= 15 is 0 Å². The zero-order valence-corrected chi connectivity index (χ0v) is 12.7. The van der Waals surface area contributed by atoms with Crippen LogP contribution < -0.4 is 5.32 Å². The Hall–Kier alpha value is -1.43. The van der Waals surface area contributed by atoms with Crippen LogP contribution >= 0.6 is 0 Å². The Morgan fingerprint density at radius 3 is 2.76 bits per heavy atom. The molecule has 1 saturated heterocycles. The van der Waals surface area contributed by atoms with E-state index in [1.807, 2.05) is 38.1 Å². The van der Waals surface area contributed by atoms with E-state index in [2.05, 4.69) is 5.32 Å². The highest BCUT2D eigenvalue weighted by atomic mass is 16.5. The van der Waals surface area contributed by atoms with E-state index in [-0.39, 0.29) is 11.9 Å². The highest BCUT2D eigenvalue weighted by molar-refractivity contribution is 5.82. The Labute approximate surface area is 125 Å². The van der Waals surface area contributed by atoms with Crippen molar-refractivity contribution >= 4 is 5.91 Å². The predicted molar refractivity (Wildman–Crippen MR) is 81.0 cm³/mol. The van der Waals surface area contributed by atoms with Gasteiger partial charge in [-0.25, -0.2) is 0 Å². The van der Waals surface area contributed by atoms with E-state index in [1.54, 1.807) is 4.90 Å². The number of morpholine rings is 1. The molecule has 5 heteroatoms. The SMILES string of the molecule is CCN(CC(O)c1ccc(C)cc1)C(=O)C1COCCN1. The average molecular weight is 292 g/mol. The number of rotatable bonds is 5. The minimum atomic E-state index is -0.668. The lowest BCUT2D eigenvalue weighted by atomic mass is 10.1. The molecule has 0 bridgehead atoms. The molecule has 0 radical (unpaired) electrons. The summed E-state index contributed by atoms with van der Waals surface area (Å²) in [6, 6.07) is 7.44. The summed E-state index contributed by atoms with van der Waals surface area (Å²) in [6.07, 6.45) is -0.668. The zero-order valence-electron chi connectivity index (χ0n) is 12.7. The van der Waals surface area contributed by atoms with Gasteiger partial charge in [-0.15, -0.1) is 0 Å². The summed E-state index contributed by atoms with van der Waals surface area (Å²) in [7, 11) is 0. The zero-order chi connectivity index (χ0) is 15.2. The molecule has 0 aliphatic carbocycles. The first-order valence-corrected chi connectivity index (χ1v) is 7.46. The fourth-order valence-electron chi connectivity index (χ4n) is 2.42. The minimum absolute atomic E-state index is 0.0108. The van der Waals surface area contributed by atoms with Crippen LogP contribution in [0.25, 0.3) is 0 Å². The Kier molecular flexibility index (Phi) is 5.73. The maximum absolute atomic E-state index is 12.4. The van der Waals surface area contributed by atoms with Crippen LogP contribution in [-0.4, -0.2) is 54.8 Å². The number of likely N-dealkylation sites (N-methyl/N-ethyl adjacent to an activating group) is 1. The number of aliphatic hydroxyl groups excluding tert-OH is 1. The van der Waals surface area contributed by atoms with Crippen LogP contribution in [-0.2, 0) is 9.53 Å². The van der Waals surface area contributed by atoms with Gasteiger partial charge in [-0.05, 0) is 19.4 Å². The van der Waals surface area contributed by atoms with Crippen molar-refractivity contribution in [2.75, 3.05) is 32.8 Å². The molecule has 0 aromatic heterocycles. The number of nitrogens with zero attached hydrogens (tertiary/aromatic N) is 1. The van der Waals surface area contributed by atoms with Gasteiger partial charge in [-0.3, -0.25) is 4.79 Å². The molecule has 1 aromatic carbocycles. The summed E-state index contributed by atoms with van der Waals surface area (Å²) in [6.45, 7) is 6.53. The van der Waals surface area contributed by atoms with Crippen molar-refractivity contribution in [2.45, 2.75) is 26.0 Å². The molecular formula is C16H24N2O3. The van der Waals surface area contributed by atoms with Crippen molar-refractivity contribution in [3.05, 3.63) is 35.4 Å². The van der Waals surface area contributed by atoms with Crippen LogP contribution in [0.1, 0.15) is 24.2 Å². The molecule has 116 valence electrons. The second-order valence-corrected chi connectivity index (χ2v) is 5.38. The molecule has 1 aliphatic heterocycles. The van der Waals surface area contributed by atoms with Crippen LogP contribution in [0.3, 0.4) is 0 Å². The van der Waals surface area contributed by atoms with E-state index in [1.165, 1.54) is 0 Å². The fraction of sp³-hybridized carbons (Fsp3) is 0.562. The standard InChI is InChI=1S/C16H24N2O3/c1-3-18(16(20)14-11-21-9-8-17-14)10-15(19)13-6-4-12(2)5-7-13/h4-7,14-15,17,19H,3,8-11H2,1-2H3. The maximum atomic E-state index is 12.4. The molecule has 2 atom stereocenters. The molecule has 21 heavy (non-hydrogen) atoms. The minimum Gasteiger partial charge on any atom is -0.387 e. The number of carbonyl (C=O) groups is 1. The summed E-state index contributed by atoms with van der Waals surface area (Å²) in [4.78, 5) is 14.1. The van der Waals surface area contributed by atoms with Crippen LogP contribution in [0.5, 0.6) is 0 Å². The van der Waals surface area contributed by atoms with Crippen molar-refractivity contribution in [2.24, 2.45) is 0 Å². The van der Waals surface area contributed by atoms with Gasteiger partial charge in [0.1, 0.15) is 6.04 Å². The Morgan fingerprint density at radius 2 is 2.19 bits per heavy atom. The normalized spacial score (nSPS) is 20.0. The number of nitrogens with one attached hydrogen (secondary N) is 1. The molecule has 5 nitrogen and oxygen atoms in total. The van der Waals surface area contributed by atoms with Crippen molar-refractivity contribution in [3.63, 3.8) is 0 Å². The number of hydrogen-bond donors (Lipinski definition) is 2. The van der Waals surface area contributed by atoms with Gasteiger partial charge in [0.05, 0.1) is 25.9 Å². The van der Waals surface area contributed by atoms with Crippen molar-refractivity contribution in [3.8, 4) is 0 Å². The fourth-order valence-corrected chi connectivity index (χ4v) is 2.42. The summed E-state index contributed by atoms with van der Waals surface area (Å²) in [5.41, 5.74) is 1.98. The Balaban J connectivity index is 1.97. The molecule has 1 fully saturated rings. The van der Waals surface area contributed by atoms with Gasteiger partial charge in [0.2, 0.25) is 5.91 Å². The number of benzene rings is 1. The first kappa shape index (κ1) is 15.9. The first-order chi connectivity index (χ1) is 10.1. The van der Waals surface area contributed by atoms with Gasteiger partial charge in [0.15, 0.2) is 0 Å². The largest absolute Gasteiger partial charge is 0.387 e. The van der Waals surface area contributed by atoms with Crippen LogP contribution in [0, 0.1) is 6.92 Å². The number of aliphatic hydroxyl groups is 1. The second kappa shape index (κ2) is 7.54. The van der Waals surface area contributed by atoms with Gasteiger partial charge < -0.3 is 20.1 Å². The van der Waals surface area contributed by atoms with Crippen molar-refractivity contribution < 1.29 is 14.6 Å². The first-order valence-electron chi connectivity index (χ1n) is 7.46. The molecule has 1 heterocycles. The van der Waals surface area contributed by atoms with Crippen LogP contribution in [0.4, 0.5) is 0 Å². The molecule has 2 rings (SSSR count). The summed E-state index contributed by atoms with van der Waals surface area (Å²) in [5.74, 6) is -0.0108. The molecular weight excluding hydrogens is 268 g/mol. The van der Waals surface area contributed by atoms with Gasteiger partial charge in [-0.1, -0.05) is 29.8 Å². The van der Waals surface area contributed by atoms with E-state index in [0.29, 0.717) is 32.8 Å². The molecule has 0 saturated carbocycles. The average Bonchev–Trinajstić information content (AvgIpc) is 2.53. The third kappa shape index (κ3) is 4.27. The second-order valence-electron chi connectivity index (χ2n) is 5.38. The van der Waals surface area contributed by atoms with Crippen LogP contribution in [0.2, 0.25) is 0 Å². The number of ether oxygens (including phenoxy) is 1. The van der Waals surface area contributed by atoms with Gasteiger partial charge in [0.25, 0.3) is 0 Å². The summed E-state index contributed by atoms with van der Waals surface area (Å²) in [5, 5.41) is 13.5. The van der Waals surface area contributed by atoms with Crippen molar-refractivity contribution in [1.82, 2.24) is 10.2 Å². The smallest absolute Gasteiger partial charge is 0.242 e. The highest BCUT2D eigenvalue weighted by Crippen LogP contribution is 2.16. The molecule has 1 amide bonds. The number of aryl methyl sites for hydroxylation is 1. The summed E-state index contributed by atoms with van der Waals surface area (Å²) >= 11 is 0. The predicted octanol–water partition coefficient (Wildman–Crippen LogP) is 0.865. The lowest BCUT2D eigenvalue weighted by molar-refractivity contribution is -0.137. The number of hydrogen-bond acceptors (Lipinski definition) is 4. The Bertz CT molecular complexity index is 455. The topological polar surface area (TPSA) is 61.8 Å². The monoisotopic (exact) mass is 292 g/mol. The maximum Gasteiger partial charge on any atom is 0.242 e. The number of carbonyl (C=O) groups excluding carboxylic acids is 1. The third-order valence-corrected chi connectivity index (χ3v) is 3.77. The third-order valence-electron chi connectivity index (χ3n) is 3.77. The Morgan fingerprint density at radius 1 is 1.48 bits per heavy atom. The van der Waals surface area contributed by atoms with Crippen molar-refractivity contribution in [1.29, 1.82) is 0 Å². The molecule has 1 aromatic rings. The van der Waals surface area contributed by atoms with E-state index in [0.717, 1.165) is 11.1 Å². The van der Waals surface area contributed by atoms with E-state index < -0.39 is 6.10 Å². The van der Waals surface area contributed by atoms with E-state index in [9.17, 15) is 9.90 Å². The van der Waals surface area contributed by atoms with Gasteiger partial charge in [-0.2, -0.15) is 0 Å². The number of amides is 1. The molecule has 2 unspecified atom stereocenters. The lowest BCUT2D eigenvalue weighted by Gasteiger charge is -2.30. The quantitative estimate of drug-likeness (QED) is 0.845. The molecule has 1 aliphatic rings. The van der Waals surface area contributed by atoms with Crippen LogP contribution in [0.15, 0.2) is 24.3 Å². The van der Waals surface area contributed by atoms with E-state index in [4.69, 9.17) is 4.74 Å².